The van der Waals surface area contributed by atoms with E-state index >= 15 is 0 Å². The first-order chi connectivity index (χ1) is 17.5. The van der Waals surface area contributed by atoms with E-state index in [-0.39, 0.29) is 11.7 Å². The van der Waals surface area contributed by atoms with E-state index in [1.54, 1.807) is 29.1 Å². The zero-order valence-corrected chi connectivity index (χ0v) is 20.2. The Labute approximate surface area is 208 Å². The highest BCUT2D eigenvalue weighted by atomic mass is 16.5. The molecule has 1 aromatic heterocycles. The lowest BCUT2D eigenvalue weighted by Crippen LogP contribution is -2.45. The van der Waals surface area contributed by atoms with Gasteiger partial charge in [-0.15, -0.1) is 0 Å². The highest BCUT2D eigenvalue weighted by molar-refractivity contribution is 5.99. The molecule has 10 nitrogen and oxygen atoms in total. The van der Waals surface area contributed by atoms with Gasteiger partial charge in [0.25, 0.3) is 5.91 Å². The number of carbonyl (C=O) groups excluding carboxylic acids is 3. The van der Waals surface area contributed by atoms with E-state index in [2.05, 4.69) is 15.7 Å². The van der Waals surface area contributed by atoms with Gasteiger partial charge in [-0.05, 0) is 42.7 Å². The molecule has 2 aromatic carbocycles. The molecule has 1 aliphatic rings. The van der Waals surface area contributed by atoms with Crippen LogP contribution in [-0.2, 0) is 9.53 Å². The number of imide groups is 1. The van der Waals surface area contributed by atoms with Crippen molar-refractivity contribution in [1.29, 1.82) is 0 Å². The van der Waals surface area contributed by atoms with Crippen LogP contribution in [-0.4, -0.2) is 54.6 Å². The molecular weight excluding hydrogens is 464 g/mol. The van der Waals surface area contributed by atoms with Crippen molar-refractivity contribution in [3.05, 3.63) is 60.4 Å². The predicted octanol–water partition coefficient (Wildman–Crippen LogP) is 3.48. The van der Waals surface area contributed by atoms with Crippen LogP contribution in [0.25, 0.3) is 16.8 Å². The quantitative estimate of drug-likeness (QED) is 0.462. The van der Waals surface area contributed by atoms with Gasteiger partial charge in [0.05, 0.1) is 19.9 Å². The van der Waals surface area contributed by atoms with Gasteiger partial charge in [-0.1, -0.05) is 37.1 Å². The Morgan fingerprint density at radius 1 is 1.00 bits per heavy atom. The summed E-state index contributed by atoms with van der Waals surface area (Å²) >= 11 is 0. The van der Waals surface area contributed by atoms with Crippen LogP contribution in [0, 0.1) is 0 Å². The molecule has 3 aromatic rings. The molecule has 10 heteroatoms. The molecule has 0 spiro atoms. The summed E-state index contributed by atoms with van der Waals surface area (Å²) in [6.45, 7) is -0.625. The van der Waals surface area contributed by atoms with Crippen molar-refractivity contribution in [3.63, 3.8) is 0 Å². The maximum absolute atomic E-state index is 13.0. The Morgan fingerprint density at radius 3 is 2.42 bits per heavy atom. The smallest absolute Gasteiger partial charge is 0.360 e. The number of para-hydroxylation sites is 1. The second-order valence-corrected chi connectivity index (χ2v) is 8.32. The summed E-state index contributed by atoms with van der Waals surface area (Å²) in [6.07, 6.45) is 5.57. The fourth-order valence-electron chi connectivity index (χ4n) is 4.11. The van der Waals surface area contributed by atoms with Crippen LogP contribution in [0.15, 0.2) is 54.7 Å². The van der Waals surface area contributed by atoms with Gasteiger partial charge >= 0.3 is 12.0 Å². The lowest BCUT2D eigenvalue weighted by molar-refractivity contribution is -0.123. The summed E-state index contributed by atoms with van der Waals surface area (Å²) in [4.78, 5) is 37.2. The van der Waals surface area contributed by atoms with Crippen LogP contribution >= 0.6 is 0 Å². The Kier molecular flexibility index (Phi) is 7.84. The molecule has 0 aliphatic heterocycles. The van der Waals surface area contributed by atoms with Crippen molar-refractivity contribution < 1.29 is 28.6 Å². The van der Waals surface area contributed by atoms with Crippen LogP contribution in [0.1, 0.15) is 36.2 Å². The highest BCUT2D eigenvalue weighted by Crippen LogP contribution is 2.34. The van der Waals surface area contributed by atoms with Crippen LogP contribution in [0.5, 0.6) is 11.5 Å². The van der Waals surface area contributed by atoms with Crippen LogP contribution < -0.4 is 20.1 Å². The van der Waals surface area contributed by atoms with Crippen molar-refractivity contribution >= 4 is 17.9 Å². The maximum atomic E-state index is 13.0. The van der Waals surface area contributed by atoms with Crippen LogP contribution in [0.4, 0.5) is 4.79 Å². The number of benzene rings is 2. The van der Waals surface area contributed by atoms with Gasteiger partial charge in [0.2, 0.25) is 0 Å². The fraction of sp³-hybridized carbons (Fsp3) is 0.308. The van der Waals surface area contributed by atoms with Gasteiger partial charge in [-0.25, -0.2) is 14.3 Å². The molecule has 0 unspecified atom stereocenters. The van der Waals surface area contributed by atoms with Gasteiger partial charge in [-0.2, -0.15) is 5.10 Å². The number of aromatic nitrogens is 2. The number of esters is 1. The number of hydrogen-bond donors (Lipinski definition) is 2. The van der Waals surface area contributed by atoms with E-state index in [4.69, 9.17) is 14.2 Å². The van der Waals surface area contributed by atoms with Gasteiger partial charge in [-0.3, -0.25) is 10.1 Å². The molecule has 2 N–H and O–H groups in total. The average molecular weight is 493 g/mol. The standard InChI is InChI=1S/C26H28N4O6/c1-34-21-13-12-17(14-22(21)35-2)20-15-30(19-10-4-3-5-11-19)29-24(20)25(32)36-16-23(31)28-26(33)27-18-8-6-7-9-18/h3-5,10-15,18H,6-9,16H2,1-2H3,(H2,27,28,31,33). The average Bonchev–Trinajstić information content (AvgIpc) is 3.57. The summed E-state index contributed by atoms with van der Waals surface area (Å²) in [5.74, 6) is -0.516. The molecule has 1 aliphatic carbocycles. The SMILES string of the molecule is COc1ccc(-c2cn(-c3ccccc3)nc2C(=O)OCC(=O)NC(=O)NC2CCCC2)cc1OC. The minimum Gasteiger partial charge on any atom is -0.493 e. The summed E-state index contributed by atoms with van der Waals surface area (Å²) < 4.78 is 17.5. The number of hydrogen-bond acceptors (Lipinski definition) is 7. The van der Waals surface area contributed by atoms with Crippen molar-refractivity contribution in [2.75, 3.05) is 20.8 Å². The zero-order valence-electron chi connectivity index (χ0n) is 20.2. The summed E-state index contributed by atoms with van der Waals surface area (Å²) in [5.41, 5.74) is 1.86. The first-order valence-electron chi connectivity index (χ1n) is 11.6. The normalized spacial score (nSPS) is 13.2. The molecule has 1 saturated carbocycles. The third kappa shape index (κ3) is 5.83. The molecule has 0 bridgehead atoms. The zero-order chi connectivity index (χ0) is 25.5. The minimum atomic E-state index is -0.805. The number of rotatable bonds is 8. The lowest BCUT2D eigenvalue weighted by Gasteiger charge is -2.12. The summed E-state index contributed by atoms with van der Waals surface area (Å²) in [5, 5.41) is 9.37. The molecule has 0 atom stereocenters. The molecule has 188 valence electrons. The molecular formula is C26H28N4O6. The van der Waals surface area contributed by atoms with Crippen LogP contribution in [0.2, 0.25) is 0 Å². The number of ether oxygens (including phenoxy) is 3. The van der Waals surface area contributed by atoms with E-state index in [1.807, 2.05) is 30.3 Å². The Morgan fingerprint density at radius 2 is 1.72 bits per heavy atom. The second kappa shape index (κ2) is 11.4. The van der Waals surface area contributed by atoms with Gasteiger partial charge < -0.3 is 19.5 Å². The molecule has 0 radical (unpaired) electrons. The topological polar surface area (TPSA) is 121 Å². The fourth-order valence-corrected chi connectivity index (χ4v) is 4.11. The molecule has 36 heavy (non-hydrogen) atoms. The summed E-state index contributed by atoms with van der Waals surface area (Å²) in [6, 6.07) is 13.9. The second-order valence-electron chi connectivity index (χ2n) is 8.32. The van der Waals surface area contributed by atoms with Crippen molar-refractivity contribution in [1.82, 2.24) is 20.4 Å². The number of urea groups is 1. The van der Waals surface area contributed by atoms with E-state index in [0.29, 0.717) is 22.6 Å². The number of nitrogens with one attached hydrogen (secondary N) is 2. The van der Waals surface area contributed by atoms with Crippen LogP contribution in [0.3, 0.4) is 0 Å². The third-order valence-electron chi connectivity index (χ3n) is 5.90. The van der Waals surface area contributed by atoms with Crippen molar-refractivity contribution in [2.24, 2.45) is 0 Å². The Hall–Kier alpha value is -4.34. The molecule has 1 fully saturated rings. The number of nitrogens with zero attached hydrogens (tertiary/aromatic N) is 2. The number of amides is 3. The third-order valence-corrected chi connectivity index (χ3v) is 5.90. The highest BCUT2D eigenvalue weighted by Gasteiger charge is 2.23. The van der Waals surface area contributed by atoms with E-state index in [1.165, 1.54) is 14.2 Å². The van der Waals surface area contributed by atoms with Crippen molar-refractivity contribution in [3.8, 4) is 28.3 Å². The monoisotopic (exact) mass is 492 g/mol. The largest absolute Gasteiger partial charge is 0.493 e. The van der Waals surface area contributed by atoms with Crippen molar-refractivity contribution in [2.45, 2.75) is 31.7 Å². The Balaban J connectivity index is 1.52. The first-order valence-corrected chi connectivity index (χ1v) is 11.6. The molecule has 4 rings (SSSR count). The molecule has 1 heterocycles. The molecule has 0 saturated heterocycles. The summed E-state index contributed by atoms with van der Waals surface area (Å²) in [7, 11) is 3.05. The van der Waals surface area contributed by atoms with Gasteiger partial charge in [0, 0.05) is 17.8 Å². The lowest BCUT2D eigenvalue weighted by atomic mass is 10.1. The maximum Gasteiger partial charge on any atom is 0.360 e. The predicted molar refractivity (Wildman–Crippen MR) is 131 cm³/mol. The Bertz CT molecular complexity index is 1230. The van der Waals surface area contributed by atoms with Gasteiger partial charge in [0.15, 0.2) is 23.8 Å². The minimum absolute atomic E-state index is 0.00859. The van der Waals surface area contributed by atoms with E-state index in [0.717, 1.165) is 31.4 Å². The number of methoxy groups -OCH3 is 2. The van der Waals surface area contributed by atoms with E-state index in [9.17, 15) is 14.4 Å². The molecule has 3 amide bonds. The van der Waals surface area contributed by atoms with E-state index < -0.39 is 24.5 Å². The first kappa shape index (κ1) is 24.8. The van der Waals surface area contributed by atoms with Gasteiger partial charge in [0.1, 0.15) is 0 Å². The number of carbonyl (C=O) groups is 3.